The van der Waals surface area contributed by atoms with E-state index in [4.69, 9.17) is 11.6 Å². The Bertz CT molecular complexity index is 460. The van der Waals surface area contributed by atoms with Crippen LogP contribution in [0.3, 0.4) is 0 Å². The van der Waals surface area contributed by atoms with Crippen LogP contribution in [-0.2, 0) is 19.4 Å². The van der Waals surface area contributed by atoms with E-state index >= 15 is 0 Å². The van der Waals surface area contributed by atoms with E-state index < -0.39 is 5.60 Å². The molecular formula is C15H26ClN3O. The molecule has 0 bridgehead atoms. The molecule has 2 unspecified atom stereocenters. The van der Waals surface area contributed by atoms with Crippen LogP contribution in [0.2, 0.25) is 5.02 Å². The molecule has 1 saturated heterocycles. The molecule has 0 radical (unpaired) electrons. The first-order valence-corrected chi connectivity index (χ1v) is 8.10. The lowest BCUT2D eigenvalue weighted by Crippen LogP contribution is -2.51. The monoisotopic (exact) mass is 299 g/mol. The molecule has 2 rings (SSSR count). The van der Waals surface area contributed by atoms with E-state index in [1.807, 2.05) is 4.68 Å². The fourth-order valence-electron chi connectivity index (χ4n) is 3.21. The maximum Gasteiger partial charge on any atom is 0.0850 e. The average Bonchev–Trinajstić information content (AvgIpc) is 2.75. The third kappa shape index (κ3) is 2.87. The zero-order valence-corrected chi connectivity index (χ0v) is 13.5. The number of nitrogens with one attached hydrogen (secondary N) is 1. The molecule has 4 nitrogen and oxygen atoms in total. The highest BCUT2D eigenvalue weighted by Gasteiger charge is 2.39. The second-order valence-electron chi connectivity index (χ2n) is 5.72. The highest BCUT2D eigenvalue weighted by molar-refractivity contribution is 6.31. The summed E-state index contributed by atoms with van der Waals surface area (Å²) >= 11 is 6.47. The van der Waals surface area contributed by atoms with Crippen molar-refractivity contribution in [1.82, 2.24) is 15.1 Å². The second-order valence-corrected chi connectivity index (χ2v) is 6.09. The molecule has 1 aliphatic rings. The lowest BCUT2D eigenvalue weighted by molar-refractivity contribution is -0.0428. The summed E-state index contributed by atoms with van der Waals surface area (Å²) in [6.07, 6.45) is 3.18. The molecule has 2 N–H and O–H groups in total. The number of aryl methyl sites for hydroxylation is 2. The maximum absolute atomic E-state index is 11.1. The van der Waals surface area contributed by atoms with Crippen molar-refractivity contribution >= 4 is 11.6 Å². The zero-order chi connectivity index (χ0) is 14.8. The fourth-order valence-corrected chi connectivity index (χ4v) is 3.54. The predicted molar refractivity (Wildman–Crippen MR) is 82.2 cm³/mol. The van der Waals surface area contributed by atoms with Crippen LogP contribution in [0, 0.1) is 5.92 Å². The van der Waals surface area contributed by atoms with Crippen LogP contribution < -0.4 is 5.32 Å². The molecule has 0 aromatic carbocycles. The summed E-state index contributed by atoms with van der Waals surface area (Å²) in [5, 5.41) is 19.7. The van der Waals surface area contributed by atoms with Gasteiger partial charge in [-0.25, -0.2) is 0 Å². The van der Waals surface area contributed by atoms with Gasteiger partial charge in [0, 0.05) is 25.4 Å². The largest absolute Gasteiger partial charge is 0.389 e. The first-order valence-electron chi connectivity index (χ1n) is 7.72. The van der Waals surface area contributed by atoms with Crippen molar-refractivity contribution in [3.8, 4) is 0 Å². The summed E-state index contributed by atoms with van der Waals surface area (Å²) in [5.74, 6) is 0.276. The van der Waals surface area contributed by atoms with Crippen LogP contribution in [-0.4, -0.2) is 33.6 Å². The molecule has 0 amide bonds. The minimum atomic E-state index is -0.665. The van der Waals surface area contributed by atoms with Crippen LogP contribution in [0.25, 0.3) is 0 Å². The molecule has 114 valence electrons. The predicted octanol–water partition coefficient (Wildman–Crippen LogP) is 2.41. The van der Waals surface area contributed by atoms with Crippen molar-refractivity contribution in [3.05, 3.63) is 16.4 Å². The minimum Gasteiger partial charge on any atom is -0.389 e. The SMILES string of the molecule is CCc1nn(CC)c(CC2(O)CCNCC2CC)c1Cl. The maximum atomic E-state index is 11.1. The van der Waals surface area contributed by atoms with E-state index in [1.165, 1.54) is 0 Å². The topological polar surface area (TPSA) is 50.1 Å². The molecule has 5 heteroatoms. The van der Waals surface area contributed by atoms with Gasteiger partial charge >= 0.3 is 0 Å². The van der Waals surface area contributed by atoms with Crippen molar-refractivity contribution in [2.45, 2.75) is 58.6 Å². The molecule has 1 fully saturated rings. The van der Waals surface area contributed by atoms with Gasteiger partial charge in [-0.3, -0.25) is 4.68 Å². The average molecular weight is 300 g/mol. The number of aliphatic hydroxyl groups is 1. The number of piperidine rings is 1. The Morgan fingerprint density at radius 1 is 1.45 bits per heavy atom. The van der Waals surface area contributed by atoms with E-state index in [0.717, 1.165) is 55.3 Å². The number of hydrogen-bond donors (Lipinski definition) is 2. The van der Waals surface area contributed by atoms with Crippen molar-refractivity contribution in [3.63, 3.8) is 0 Å². The molecule has 2 heterocycles. The van der Waals surface area contributed by atoms with Gasteiger partial charge in [0.25, 0.3) is 0 Å². The number of hydrogen-bond acceptors (Lipinski definition) is 3. The highest BCUT2D eigenvalue weighted by atomic mass is 35.5. The van der Waals surface area contributed by atoms with Gasteiger partial charge in [-0.2, -0.15) is 5.10 Å². The van der Waals surface area contributed by atoms with Crippen molar-refractivity contribution in [1.29, 1.82) is 0 Å². The van der Waals surface area contributed by atoms with E-state index in [1.54, 1.807) is 0 Å². The van der Waals surface area contributed by atoms with Gasteiger partial charge < -0.3 is 10.4 Å². The zero-order valence-electron chi connectivity index (χ0n) is 12.7. The van der Waals surface area contributed by atoms with Crippen LogP contribution in [0.5, 0.6) is 0 Å². The van der Waals surface area contributed by atoms with E-state index in [-0.39, 0.29) is 5.92 Å². The molecule has 2 atom stereocenters. The Morgan fingerprint density at radius 2 is 2.20 bits per heavy atom. The fraction of sp³-hybridized carbons (Fsp3) is 0.800. The summed E-state index contributed by atoms with van der Waals surface area (Å²) in [6.45, 7) is 8.80. The quantitative estimate of drug-likeness (QED) is 0.878. The standard InChI is InChI=1S/C15H26ClN3O/c1-4-11-10-17-8-7-15(11,20)9-13-14(16)12(5-2)18-19(13)6-3/h11,17,20H,4-10H2,1-3H3. The molecule has 0 aliphatic carbocycles. The summed E-state index contributed by atoms with van der Waals surface area (Å²) in [7, 11) is 0. The molecule has 0 spiro atoms. The summed E-state index contributed by atoms with van der Waals surface area (Å²) in [5.41, 5.74) is 1.27. The van der Waals surface area contributed by atoms with Crippen molar-refractivity contribution < 1.29 is 5.11 Å². The molecule has 0 saturated carbocycles. The molecule has 20 heavy (non-hydrogen) atoms. The third-order valence-electron chi connectivity index (χ3n) is 4.55. The molecular weight excluding hydrogens is 274 g/mol. The summed E-state index contributed by atoms with van der Waals surface area (Å²) in [6, 6.07) is 0. The Balaban J connectivity index is 2.30. The van der Waals surface area contributed by atoms with Gasteiger partial charge in [-0.1, -0.05) is 25.4 Å². The minimum absolute atomic E-state index is 0.276. The van der Waals surface area contributed by atoms with Crippen LogP contribution in [0.4, 0.5) is 0 Å². The number of halogens is 1. The van der Waals surface area contributed by atoms with E-state index in [0.29, 0.717) is 6.42 Å². The summed E-state index contributed by atoms with van der Waals surface area (Å²) < 4.78 is 1.95. The van der Waals surface area contributed by atoms with E-state index in [2.05, 4.69) is 31.2 Å². The van der Waals surface area contributed by atoms with Crippen LogP contribution in [0.1, 0.15) is 45.0 Å². The number of nitrogens with zero attached hydrogens (tertiary/aromatic N) is 2. The third-order valence-corrected chi connectivity index (χ3v) is 4.98. The van der Waals surface area contributed by atoms with Gasteiger partial charge in [-0.05, 0) is 32.7 Å². The van der Waals surface area contributed by atoms with Crippen LogP contribution in [0.15, 0.2) is 0 Å². The highest BCUT2D eigenvalue weighted by Crippen LogP contribution is 2.34. The van der Waals surface area contributed by atoms with Gasteiger partial charge in [0.15, 0.2) is 0 Å². The first kappa shape index (κ1) is 15.8. The summed E-state index contributed by atoms with van der Waals surface area (Å²) in [4.78, 5) is 0. The van der Waals surface area contributed by atoms with Gasteiger partial charge in [0.05, 0.1) is 22.0 Å². The Labute approximate surface area is 126 Å². The van der Waals surface area contributed by atoms with Gasteiger partial charge in [-0.15, -0.1) is 0 Å². The number of aromatic nitrogens is 2. The van der Waals surface area contributed by atoms with Crippen LogP contribution >= 0.6 is 11.6 Å². The lowest BCUT2D eigenvalue weighted by Gasteiger charge is -2.40. The Hall–Kier alpha value is -0.580. The second kappa shape index (κ2) is 6.46. The molecule has 1 aromatic heterocycles. The normalized spacial score (nSPS) is 26.9. The Morgan fingerprint density at radius 3 is 2.80 bits per heavy atom. The number of rotatable bonds is 5. The Kier molecular flexibility index (Phi) is 5.10. The molecule has 1 aliphatic heterocycles. The van der Waals surface area contributed by atoms with Crippen molar-refractivity contribution in [2.24, 2.45) is 5.92 Å². The van der Waals surface area contributed by atoms with E-state index in [9.17, 15) is 5.11 Å². The molecule has 1 aromatic rings. The van der Waals surface area contributed by atoms with Gasteiger partial charge in [0.2, 0.25) is 0 Å². The smallest absolute Gasteiger partial charge is 0.0850 e. The van der Waals surface area contributed by atoms with Gasteiger partial charge in [0.1, 0.15) is 0 Å². The van der Waals surface area contributed by atoms with Crippen molar-refractivity contribution in [2.75, 3.05) is 13.1 Å². The first-order chi connectivity index (χ1) is 9.55. The lowest BCUT2D eigenvalue weighted by atomic mass is 9.77.